The number of nitrogens with zero attached hydrogens (tertiary/aromatic N) is 1. The van der Waals surface area contributed by atoms with Gasteiger partial charge in [0.15, 0.2) is 0 Å². The van der Waals surface area contributed by atoms with Crippen molar-refractivity contribution in [2.24, 2.45) is 0 Å². The fourth-order valence-electron chi connectivity index (χ4n) is 1.94. The van der Waals surface area contributed by atoms with Crippen molar-refractivity contribution in [2.45, 2.75) is 19.4 Å². The van der Waals surface area contributed by atoms with Crippen molar-refractivity contribution in [3.05, 3.63) is 24.2 Å². The molecule has 2 N–H and O–H groups in total. The Labute approximate surface area is 120 Å². The summed E-state index contributed by atoms with van der Waals surface area (Å²) in [5.74, 6) is -1.72. The Morgan fingerprint density at radius 3 is 2.90 bits per heavy atom. The molecule has 1 saturated heterocycles. The smallest absolute Gasteiger partial charge is 0.254 e. The molecular formula is C13H15N3O5. The van der Waals surface area contributed by atoms with E-state index in [2.05, 4.69) is 10.6 Å². The summed E-state index contributed by atoms with van der Waals surface area (Å²) < 4.78 is 4.78. The predicted octanol–water partition coefficient (Wildman–Crippen LogP) is -0.727. The van der Waals surface area contributed by atoms with E-state index in [0.29, 0.717) is 5.56 Å². The van der Waals surface area contributed by atoms with Crippen molar-refractivity contribution in [3.63, 3.8) is 0 Å². The van der Waals surface area contributed by atoms with E-state index in [1.165, 1.54) is 23.5 Å². The van der Waals surface area contributed by atoms with Crippen LogP contribution < -0.4 is 10.6 Å². The van der Waals surface area contributed by atoms with Gasteiger partial charge in [0, 0.05) is 13.0 Å². The third-order valence-corrected chi connectivity index (χ3v) is 3.15. The zero-order valence-electron chi connectivity index (χ0n) is 11.4. The number of nitrogens with one attached hydrogen (secondary N) is 2. The molecule has 2 heterocycles. The second-order valence-electron chi connectivity index (χ2n) is 4.63. The number of carbonyl (C=O) groups is 4. The number of hydrogen-bond acceptors (Lipinski definition) is 5. The summed E-state index contributed by atoms with van der Waals surface area (Å²) in [6.07, 6.45) is 2.68. The van der Waals surface area contributed by atoms with Gasteiger partial charge in [0.25, 0.3) is 5.91 Å². The zero-order chi connectivity index (χ0) is 15.4. The average Bonchev–Trinajstić information content (AvgIpc) is 2.96. The first-order chi connectivity index (χ1) is 9.99. The van der Waals surface area contributed by atoms with Crippen LogP contribution in [0.25, 0.3) is 0 Å². The second-order valence-corrected chi connectivity index (χ2v) is 4.63. The molecule has 1 aromatic heterocycles. The molecule has 112 valence electrons. The van der Waals surface area contributed by atoms with Crippen molar-refractivity contribution < 1.29 is 23.6 Å². The largest absolute Gasteiger partial charge is 0.472 e. The van der Waals surface area contributed by atoms with Crippen molar-refractivity contribution in [1.82, 2.24) is 15.5 Å². The molecule has 1 fully saturated rings. The predicted molar refractivity (Wildman–Crippen MR) is 70.0 cm³/mol. The van der Waals surface area contributed by atoms with Crippen molar-refractivity contribution in [1.29, 1.82) is 0 Å². The minimum absolute atomic E-state index is 0.00842. The van der Waals surface area contributed by atoms with Crippen LogP contribution >= 0.6 is 0 Å². The summed E-state index contributed by atoms with van der Waals surface area (Å²) in [4.78, 5) is 47.5. The van der Waals surface area contributed by atoms with Gasteiger partial charge in [0.2, 0.25) is 17.7 Å². The van der Waals surface area contributed by atoms with Gasteiger partial charge in [0.05, 0.1) is 11.8 Å². The van der Waals surface area contributed by atoms with Gasteiger partial charge in [-0.1, -0.05) is 0 Å². The Balaban J connectivity index is 1.83. The van der Waals surface area contributed by atoms with Crippen molar-refractivity contribution >= 4 is 23.6 Å². The van der Waals surface area contributed by atoms with Crippen LogP contribution in [0.15, 0.2) is 23.0 Å². The molecule has 1 unspecified atom stereocenters. The maximum Gasteiger partial charge on any atom is 0.254 e. The van der Waals surface area contributed by atoms with Crippen molar-refractivity contribution in [3.8, 4) is 0 Å². The molecule has 8 heteroatoms. The third kappa shape index (κ3) is 3.47. The zero-order valence-corrected chi connectivity index (χ0v) is 11.4. The molecule has 1 aliphatic rings. The minimum Gasteiger partial charge on any atom is -0.472 e. The lowest BCUT2D eigenvalue weighted by Crippen LogP contribution is -2.58. The van der Waals surface area contributed by atoms with Gasteiger partial charge < -0.3 is 14.6 Å². The summed E-state index contributed by atoms with van der Waals surface area (Å²) in [7, 11) is 0. The van der Waals surface area contributed by atoms with Crippen LogP contribution in [0.4, 0.5) is 0 Å². The highest BCUT2D eigenvalue weighted by atomic mass is 16.3. The Bertz CT molecular complexity index is 566. The number of amides is 4. The number of rotatable bonds is 4. The van der Waals surface area contributed by atoms with Gasteiger partial charge >= 0.3 is 0 Å². The summed E-state index contributed by atoms with van der Waals surface area (Å²) in [5.41, 5.74) is 0.364. The summed E-state index contributed by atoms with van der Waals surface area (Å²) in [5, 5.41) is 4.72. The number of hydrogen-bond donors (Lipinski definition) is 2. The maximum atomic E-state index is 12.0. The van der Waals surface area contributed by atoms with Gasteiger partial charge in [-0.15, -0.1) is 0 Å². The quantitative estimate of drug-likeness (QED) is 0.712. The van der Waals surface area contributed by atoms with Crippen LogP contribution in [0, 0.1) is 0 Å². The highest BCUT2D eigenvalue weighted by Gasteiger charge is 2.33. The normalized spacial score (nSPS) is 18.3. The molecule has 0 bridgehead atoms. The van der Waals surface area contributed by atoms with Crippen molar-refractivity contribution in [2.75, 3.05) is 13.1 Å². The first kappa shape index (κ1) is 14.8. The molecule has 1 atom stereocenters. The lowest BCUT2D eigenvalue weighted by atomic mass is 10.2. The van der Waals surface area contributed by atoms with Crippen LogP contribution in [0.5, 0.6) is 0 Å². The first-order valence-corrected chi connectivity index (χ1v) is 6.42. The monoisotopic (exact) mass is 293 g/mol. The standard InChI is InChI=1S/C13H15N3O5/c1-8-12(19)15-10(17)6-16(8)11(18)2-4-14-13(20)9-3-5-21-7-9/h3,5,7-8H,2,4,6H2,1H3,(H,14,20)(H,15,17,19). The lowest BCUT2D eigenvalue weighted by molar-refractivity contribution is -0.149. The third-order valence-electron chi connectivity index (χ3n) is 3.15. The molecular weight excluding hydrogens is 278 g/mol. The highest BCUT2D eigenvalue weighted by Crippen LogP contribution is 2.07. The van der Waals surface area contributed by atoms with Gasteiger partial charge in [0.1, 0.15) is 18.8 Å². The summed E-state index contributed by atoms with van der Waals surface area (Å²) >= 11 is 0. The van der Waals surface area contributed by atoms with Crippen LogP contribution in [-0.4, -0.2) is 47.7 Å². The molecule has 0 aliphatic carbocycles. The average molecular weight is 293 g/mol. The minimum atomic E-state index is -0.695. The highest BCUT2D eigenvalue weighted by molar-refractivity contribution is 6.04. The Kier molecular flexibility index (Phi) is 4.36. The fraction of sp³-hybridized carbons (Fsp3) is 0.385. The second kappa shape index (κ2) is 6.21. The Morgan fingerprint density at radius 2 is 2.24 bits per heavy atom. The Hall–Kier alpha value is -2.64. The molecule has 0 radical (unpaired) electrons. The van der Waals surface area contributed by atoms with Gasteiger partial charge in [-0.25, -0.2) is 0 Å². The van der Waals surface area contributed by atoms with Crippen LogP contribution in [0.3, 0.4) is 0 Å². The van der Waals surface area contributed by atoms with E-state index in [9.17, 15) is 19.2 Å². The van der Waals surface area contributed by atoms with E-state index in [0.717, 1.165) is 0 Å². The van der Waals surface area contributed by atoms with Gasteiger partial charge in [-0.2, -0.15) is 0 Å². The van der Waals surface area contributed by atoms with Gasteiger partial charge in [-0.05, 0) is 13.0 Å². The van der Waals surface area contributed by atoms with E-state index in [4.69, 9.17) is 4.42 Å². The Morgan fingerprint density at radius 1 is 1.48 bits per heavy atom. The van der Waals surface area contributed by atoms with E-state index in [1.807, 2.05) is 0 Å². The molecule has 4 amide bonds. The summed E-state index contributed by atoms with van der Waals surface area (Å²) in [6, 6.07) is 0.812. The molecule has 0 aromatic carbocycles. The molecule has 8 nitrogen and oxygen atoms in total. The first-order valence-electron chi connectivity index (χ1n) is 6.42. The molecule has 1 aliphatic heterocycles. The fourth-order valence-corrected chi connectivity index (χ4v) is 1.94. The molecule has 21 heavy (non-hydrogen) atoms. The molecule has 0 saturated carbocycles. The summed E-state index contributed by atoms with van der Waals surface area (Å²) in [6.45, 7) is 1.51. The van der Waals surface area contributed by atoms with E-state index in [1.54, 1.807) is 6.92 Å². The van der Waals surface area contributed by atoms with Crippen LogP contribution in [0.1, 0.15) is 23.7 Å². The number of furan rings is 1. The lowest BCUT2D eigenvalue weighted by Gasteiger charge is -2.31. The van der Waals surface area contributed by atoms with E-state index in [-0.39, 0.29) is 31.3 Å². The van der Waals surface area contributed by atoms with Crippen LogP contribution in [0.2, 0.25) is 0 Å². The molecule has 1 aromatic rings. The van der Waals surface area contributed by atoms with E-state index < -0.39 is 17.9 Å². The number of piperazine rings is 1. The molecule has 2 rings (SSSR count). The number of carbonyl (C=O) groups excluding carboxylic acids is 4. The maximum absolute atomic E-state index is 12.0. The SMILES string of the molecule is CC1C(=O)NC(=O)CN1C(=O)CCNC(=O)c1ccoc1. The molecule has 0 spiro atoms. The van der Waals surface area contributed by atoms with E-state index >= 15 is 0 Å². The topological polar surface area (TPSA) is 109 Å². The van der Waals surface area contributed by atoms with Gasteiger partial charge in [-0.3, -0.25) is 24.5 Å². The number of imide groups is 1. The van der Waals surface area contributed by atoms with Crippen LogP contribution in [-0.2, 0) is 14.4 Å².